The van der Waals surface area contributed by atoms with E-state index in [2.05, 4.69) is 15.0 Å². The van der Waals surface area contributed by atoms with Crippen LogP contribution < -0.4 is 10.1 Å². The smallest absolute Gasteiger partial charge is 0.387 e. The quantitative estimate of drug-likeness (QED) is 0.861. The second-order valence-corrected chi connectivity index (χ2v) is 4.58. The number of benzene rings is 1. The molecule has 0 aliphatic carbocycles. The lowest BCUT2D eigenvalue weighted by atomic mass is 10.2. The number of hydrogen-bond donors (Lipinski definition) is 1. The van der Waals surface area contributed by atoms with Gasteiger partial charge in [-0.15, -0.1) is 0 Å². The van der Waals surface area contributed by atoms with Gasteiger partial charge in [0.2, 0.25) is 0 Å². The highest BCUT2D eigenvalue weighted by atomic mass is 19.3. The summed E-state index contributed by atoms with van der Waals surface area (Å²) in [6, 6.07) is 5.96. The van der Waals surface area contributed by atoms with Gasteiger partial charge < -0.3 is 14.8 Å². The number of nitrogens with one attached hydrogen (secondary N) is 1. The van der Waals surface area contributed by atoms with Gasteiger partial charge in [-0.05, 0) is 12.1 Å². The van der Waals surface area contributed by atoms with E-state index in [4.69, 9.17) is 4.74 Å². The molecule has 5 nitrogen and oxygen atoms in total. The summed E-state index contributed by atoms with van der Waals surface area (Å²) in [6.07, 6.45) is 0. The van der Waals surface area contributed by atoms with Gasteiger partial charge in [-0.2, -0.15) is 8.78 Å². The first kappa shape index (κ1) is 15.7. The minimum Gasteiger partial charge on any atom is -0.434 e. The summed E-state index contributed by atoms with van der Waals surface area (Å²) in [7, 11) is 0. The third-order valence-electron chi connectivity index (χ3n) is 3.17. The molecule has 1 aliphatic rings. The van der Waals surface area contributed by atoms with E-state index in [1.165, 1.54) is 12.1 Å². The van der Waals surface area contributed by atoms with Crippen molar-refractivity contribution in [2.45, 2.75) is 6.61 Å². The fraction of sp³-hybridized carbons (Fsp3) is 0.500. The molecule has 1 aromatic carbocycles. The van der Waals surface area contributed by atoms with Crippen LogP contribution in [-0.2, 0) is 4.74 Å². The van der Waals surface area contributed by atoms with Gasteiger partial charge in [-0.3, -0.25) is 9.69 Å². The summed E-state index contributed by atoms with van der Waals surface area (Å²) >= 11 is 0. The minimum absolute atomic E-state index is 0.111. The average Bonchev–Trinajstić information content (AvgIpc) is 2.48. The lowest BCUT2D eigenvalue weighted by molar-refractivity contribution is -0.0501. The van der Waals surface area contributed by atoms with Crippen molar-refractivity contribution in [1.29, 1.82) is 0 Å². The van der Waals surface area contributed by atoms with Gasteiger partial charge in [-0.1, -0.05) is 12.1 Å². The van der Waals surface area contributed by atoms with E-state index < -0.39 is 12.5 Å². The molecule has 1 N–H and O–H groups in total. The van der Waals surface area contributed by atoms with E-state index in [1.807, 2.05) is 0 Å². The van der Waals surface area contributed by atoms with Gasteiger partial charge in [0.25, 0.3) is 5.91 Å². The summed E-state index contributed by atoms with van der Waals surface area (Å²) < 4.78 is 34.1. The van der Waals surface area contributed by atoms with Gasteiger partial charge in [0.05, 0.1) is 18.8 Å². The highest BCUT2D eigenvalue weighted by Gasteiger charge is 2.15. The Kier molecular flexibility index (Phi) is 5.89. The maximum Gasteiger partial charge on any atom is 0.387 e. The third kappa shape index (κ3) is 4.95. The van der Waals surface area contributed by atoms with Crippen LogP contribution in [0.25, 0.3) is 0 Å². The monoisotopic (exact) mass is 300 g/mol. The van der Waals surface area contributed by atoms with E-state index in [1.54, 1.807) is 12.1 Å². The van der Waals surface area contributed by atoms with E-state index in [9.17, 15) is 13.6 Å². The fourth-order valence-corrected chi connectivity index (χ4v) is 2.10. The van der Waals surface area contributed by atoms with Crippen molar-refractivity contribution in [2.24, 2.45) is 0 Å². The topological polar surface area (TPSA) is 50.8 Å². The molecule has 0 saturated carbocycles. The van der Waals surface area contributed by atoms with Crippen molar-refractivity contribution < 1.29 is 23.0 Å². The summed E-state index contributed by atoms with van der Waals surface area (Å²) in [5, 5.41) is 2.71. The number of carbonyl (C=O) groups is 1. The zero-order chi connectivity index (χ0) is 15.1. The Balaban J connectivity index is 1.85. The van der Waals surface area contributed by atoms with Crippen LogP contribution in [0.15, 0.2) is 24.3 Å². The first-order valence-corrected chi connectivity index (χ1v) is 6.79. The largest absolute Gasteiger partial charge is 0.434 e. The maximum atomic E-state index is 12.3. The van der Waals surface area contributed by atoms with Crippen LogP contribution in [-0.4, -0.2) is 56.8 Å². The Hall–Kier alpha value is -1.73. The Bertz CT molecular complexity index is 465. The van der Waals surface area contributed by atoms with Gasteiger partial charge in [0.15, 0.2) is 0 Å². The van der Waals surface area contributed by atoms with E-state index in [0.29, 0.717) is 26.3 Å². The summed E-state index contributed by atoms with van der Waals surface area (Å²) in [4.78, 5) is 14.2. The number of carbonyl (C=O) groups excluding carboxylic acids is 1. The number of rotatable bonds is 6. The molecule has 1 amide bonds. The first-order valence-electron chi connectivity index (χ1n) is 6.79. The molecule has 1 saturated heterocycles. The number of nitrogens with zero attached hydrogens (tertiary/aromatic N) is 1. The molecule has 0 bridgehead atoms. The molecule has 2 rings (SSSR count). The van der Waals surface area contributed by atoms with Crippen LogP contribution in [0.5, 0.6) is 5.75 Å². The lowest BCUT2D eigenvalue weighted by Gasteiger charge is -2.26. The van der Waals surface area contributed by atoms with Crippen molar-refractivity contribution in [3.05, 3.63) is 29.8 Å². The highest BCUT2D eigenvalue weighted by molar-refractivity contribution is 5.96. The molecule has 1 aromatic rings. The van der Waals surface area contributed by atoms with E-state index >= 15 is 0 Å². The van der Waals surface area contributed by atoms with Crippen LogP contribution in [0.4, 0.5) is 8.78 Å². The first-order chi connectivity index (χ1) is 10.2. The molecule has 0 radical (unpaired) electrons. The predicted octanol–water partition coefficient (Wildman–Crippen LogP) is 1.35. The lowest BCUT2D eigenvalue weighted by Crippen LogP contribution is -2.41. The Labute approximate surface area is 121 Å². The van der Waals surface area contributed by atoms with E-state index in [-0.39, 0.29) is 11.3 Å². The zero-order valence-electron chi connectivity index (χ0n) is 11.6. The van der Waals surface area contributed by atoms with Gasteiger partial charge in [0.1, 0.15) is 5.75 Å². The maximum absolute atomic E-state index is 12.3. The molecule has 0 atom stereocenters. The van der Waals surface area contributed by atoms with Crippen LogP contribution in [0.2, 0.25) is 0 Å². The number of para-hydroxylation sites is 1. The molecule has 116 valence electrons. The second-order valence-electron chi connectivity index (χ2n) is 4.58. The third-order valence-corrected chi connectivity index (χ3v) is 3.17. The predicted molar refractivity (Wildman–Crippen MR) is 72.7 cm³/mol. The Morgan fingerprint density at radius 1 is 1.33 bits per heavy atom. The van der Waals surface area contributed by atoms with Crippen molar-refractivity contribution >= 4 is 5.91 Å². The zero-order valence-corrected chi connectivity index (χ0v) is 11.6. The molecule has 0 aromatic heterocycles. The molecule has 1 fully saturated rings. The summed E-state index contributed by atoms with van der Waals surface area (Å²) in [5.74, 6) is -0.532. The molecular formula is C14H18F2N2O3. The second kappa shape index (κ2) is 7.90. The van der Waals surface area contributed by atoms with Crippen molar-refractivity contribution in [2.75, 3.05) is 39.4 Å². The highest BCUT2D eigenvalue weighted by Crippen LogP contribution is 2.19. The van der Waals surface area contributed by atoms with Gasteiger partial charge >= 0.3 is 6.61 Å². The molecule has 1 aliphatic heterocycles. The van der Waals surface area contributed by atoms with Crippen molar-refractivity contribution in [1.82, 2.24) is 10.2 Å². The van der Waals surface area contributed by atoms with E-state index in [0.717, 1.165) is 13.1 Å². The summed E-state index contributed by atoms with van der Waals surface area (Å²) in [5.41, 5.74) is 0.111. The molecule has 0 spiro atoms. The molecule has 0 unspecified atom stereocenters. The molecular weight excluding hydrogens is 282 g/mol. The van der Waals surface area contributed by atoms with Crippen LogP contribution in [0.3, 0.4) is 0 Å². The number of alkyl halides is 2. The van der Waals surface area contributed by atoms with Crippen LogP contribution in [0.1, 0.15) is 10.4 Å². The van der Waals surface area contributed by atoms with Crippen LogP contribution >= 0.6 is 0 Å². The molecule has 7 heteroatoms. The van der Waals surface area contributed by atoms with Crippen molar-refractivity contribution in [3.8, 4) is 5.75 Å². The number of morpholine rings is 1. The average molecular weight is 300 g/mol. The van der Waals surface area contributed by atoms with Gasteiger partial charge in [0, 0.05) is 26.2 Å². The number of ether oxygens (including phenoxy) is 2. The Morgan fingerprint density at radius 3 is 2.76 bits per heavy atom. The fourth-order valence-electron chi connectivity index (χ4n) is 2.10. The normalized spacial score (nSPS) is 16.0. The molecule has 1 heterocycles. The Morgan fingerprint density at radius 2 is 2.05 bits per heavy atom. The SMILES string of the molecule is O=C(NCCN1CCOCC1)c1ccccc1OC(F)F. The standard InChI is InChI=1S/C14H18F2N2O3/c15-14(16)21-12-4-2-1-3-11(12)13(19)17-5-6-18-7-9-20-10-8-18/h1-4,14H,5-10H2,(H,17,19). The van der Waals surface area contributed by atoms with Crippen molar-refractivity contribution in [3.63, 3.8) is 0 Å². The number of halogens is 2. The minimum atomic E-state index is -2.95. The molecule has 21 heavy (non-hydrogen) atoms. The van der Waals surface area contributed by atoms with Gasteiger partial charge in [-0.25, -0.2) is 0 Å². The number of amides is 1. The summed E-state index contributed by atoms with van der Waals surface area (Å²) in [6.45, 7) is 1.25. The van der Waals surface area contributed by atoms with Crippen LogP contribution in [0, 0.1) is 0 Å². The number of hydrogen-bond acceptors (Lipinski definition) is 4.